The average molecular weight is 316 g/mol. The SMILES string of the molecule is Cc1cc(Br)cc(C)c1OCC(=O)NCC(=O)O. The predicted molar refractivity (Wildman–Crippen MR) is 69.8 cm³/mol. The standard InChI is InChI=1S/C12H14BrNO4/c1-7-3-9(13)4-8(2)12(7)18-6-10(15)14-5-11(16)17/h3-4H,5-6H2,1-2H3,(H,14,15)(H,16,17). The van der Waals surface area contributed by atoms with Gasteiger partial charge in [0.05, 0.1) is 0 Å². The third kappa shape index (κ3) is 4.37. The van der Waals surface area contributed by atoms with Crippen LogP contribution in [-0.2, 0) is 9.59 Å². The fraction of sp³-hybridized carbons (Fsp3) is 0.333. The molecule has 0 saturated heterocycles. The molecule has 1 amide bonds. The van der Waals surface area contributed by atoms with Gasteiger partial charge in [0.1, 0.15) is 12.3 Å². The van der Waals surface area contributed by atoms with Crippen LogP contribution < -0.4 is 10.1 Å². The monoisotopic (exact) mass is 315 g/mol. The van der Waals surface area contributed by atoms with Crippen LogP contribution >= 0.6 is 15.9 Å². The number of carboxylic acid groups (broad SMARTS) is 1. The summed E-state index contributed by atoms with van der Waals surface area (Å²) in [6.45, 7) is 3.15. The van der Waals surface area contributed by atoms with Crippen molar-refractivity contribution in [2.75, 3.05) is 13.2 Å². The minimum Gasteiger partial charge on any atom is -0.483 e. The van der Waals surface area contributed by atoms with E-state index in [4.69, 9.17) is 9.84 Å². The van der Waals surface area contributed by atoms with Gasteiger partial charge in [0, 0.05) is 4.47 Å². The summed E-state index contributed by atoms with van der Waals surface area (Å²) in [6, 6.07) is 3.77. The van der Waals surface area contributed by atoms with E-state index in [0.29, 0.717) is 5.75 Å². The molecule has 6 heteroatoms. The Balaban J connectivity index is 2.58. The minimum atomic E-state index is -1.08. The maximum absolute atomic E-state index is 11.3. The van der Waals surface area contributed by atoms with Gasteiger partial charge in [0.25, 0.3) is 5.91 Å². The molecular formula is C12H14BrNO4. The number of aryl methyl sites for hydroxylation is 2. The van der Waals surface area contributed by atoms with Crippen molar-refractivity contribution in [1.82, 2.24) is 5.32 Å². The van der Waals surface area contributed by atoms with E-state index >= 15 is 0 Å². The summed E-state index contributed by atoms with van der Waals surface area (Å²) >= 11 is 3.37. The van der Waals surface area contributed by atoms with E-state index in [1.807, 2.05) is 26.0 Å². The number of carboxylic acids is 1. The van der Waals surface area contributed by atoms with E-state index < -0.39 is 18.4 Å². The molecular weight excluding hydrogens is 302 g/mol. The summed E-state index contributed by atoms with van der Waals surface area (Å²) in [4.78, 5) is 21.6. The summed E-state index contributed by atoms with van der Waals surface area (Å²) in [7, 11) is 0. The summed E-state index contributed by atoms with van der Waals surface area (Å²) in [6.07, 6.45) is 0. The highest BCUT2D eigenvalue weighted by molar-refractivity contribution is 9.10. The molecule has 98 valence electrons. The smallest absolute Gasteiger partial charge is 0.322 e. The van der Waals surface area contributed by atoms with Gasteiger partial charge in [-0.25, -0.2) is 0 Å². The van der Waals surface area contributed by atoms with Crippen molar-refractivity contribution in [2.24, 2.45) is 0 Å². The largest absolute Gasteiger partial charge is 0.483 e. The van der Waals surface area contributed by atoms with E-state index in [1.165, 1.54) is 0 Å². The number of hydrogen-bond donors (Lipinski definition) is 2. The lowest BCUT2D eigenvalue weighted by molar-refractivity contribution is -0.138. The highest BCUT2D eigenvalue weighted by Gasteiger charge is 2.09. The number of carbonyl (C=O) groups excluding carboxylic acids is 1. The van der Waals surface area contributed by atoms with Crippen LogP contribution in [0, 0.1) is 13.8 Å². The Morgan fingerprint density at radius 3 is 2.39 bits per heavy atom. The molecule has 2 N–H and O–H groups in total. The lowest BCUT2D eigenvalue weighted by atomic mass is 10.1. The first kappa shape index (κ1) is 14.5. The Morgan fingerprint density at radius 1 is 1.33 bits per heavy atom. The first-order valence-electron chi connectivity index (χ1n) is 5.28. The van der Waals surface area contributed by atoms with Gasteiger partial charge in [0.15, 0.2) is 6.61 Å². The average Bonchev–Trinajstić information content (AvgIpc) is 2.24. The van der Waals surface area contributed by atoms with E-state index in [0.717, 1.165) is 15.6 Å². The summed E-state index contributed by atoms with van der Waals surface area (Å²) in [5.74, 6) is -0.901. The molecule has 0 heterocycles. The molecule has 1 aromatic rings. The second-order valence-corrected chi connectivity index (χ2v) is 4.74. The highest BCUT2D eigenvalue weighted by Crippen LogP contribution is 2.27. The van der Waals surface area contributed by atoms with Crippen molar-refractivity contribution in [2.45, 2.75) is 13.8 Å². The number of ether oxygens (including phenoxy) is 1. The third-order valence-electron chi connectivity index (χ3n) is 2.21. The predicted octanol–water partition coefficient (Wildman–Crippen LogP) is 1.65. The topological polar surface area (TPSA) is 75.6 Å². The molecule has 5 nitrogen and oxygen atoms in total. The van der Waals surface area contributed by atoms with Crippen LogP contribution in [0.25, 0.3) is 0 Å². The molecule has 0 aliphatic heterocycles. The Kier molecular flexibility index (Phi) is 5.15. The molecule has 1 rings (SSSR count). The molecule has 0 radical (unpaired) electrons. The van der Waals surface area contributed by atoms with E-state index in [-0.39, 0.29) is 6.61 Å². The number of rotatable bonds is 5. The van der Waals surface area contributed by atoms with Gasteiger partial charge in [-0.2, -0.15) is 0 Å². The van der Waals surface area contributed by atoms with Gasteiger partial charge in [-0.3, -0.25) is 9.59 Å². The third-order valence-corrected chi connectivity index (χ3v) is 2.67. The van der Waals surface area contributed by atoms with E-state index in [2.05, 4.69) is 21.2 Å². The molecule has 0 unspecified atom stereocenters. The molecule has 0 bridgehead atoms. The summed E-state index contributed by atoms with van der Waals surface area (Å²) < 4.78 is 6.34. The molecule has 1 aromatic carbocycles. The zero-order valence-electron chi connectivity index (χ0n) is 10.1. The van der Waals surface area contributed by atoms with Crippen LogP contribution in [0.1, 0.15) is 11.1 Å². The zero-order chi connectivity index (χ0) is 13.7. The van der Waals surface area contributed by atoms with E-state index in [1.54, 1.807) is 0 Å². The maximum atomic E-state index is 11.3. The molecule has 0 saturated carbocycles. The number of carbonyl (C=O) groups is 2. The molecule has 18 heavy (non-hydrogen) atoms. The van der Waals surface area contributed by atoms with Crippen molar-refractivity contribution in [3.63, 3.8) is 0 Å². The maximum Gasteiger partial charge on any atom is 0.322 e. The lowest BCUT2D eigenvalue weighted by Gasteiger charge is -2.12. The van der Waals surface area contributed by atoms with Crippen molar-refractivity contribution in [1.29, 1.82) is 0 Å². The molecule has 0 spiro atoms. The number of hydrogen-bond acceptors (Lipinski definition) is 3. The fourth-order valence-corrected chi connectivity index (χ4v) is 2.17. The molecule has 0 aromatic heterocycles. The van der Waals surface area contributed by atoms with Crippen LogP contribution in [0.2, 0.25) is 0 Å². The van der Waals surface area contributed by atoms with Gasteiger partial charge in [-0.1, -0.05) is 15.9 Å². The Morgan fingerprint density at radius 2 is 1.89 bits per heavy atom. The Bertz CT molecular complexity index is 450. The highest BCUT2D eigenvalue weighted by atomic mass is 79.9. The first-order valence-corrected chi connectivity index (χ1v) is 6.07. The molecule has 0 fully saturated rings. The molecule has 0 atom stereocenters. The number of halogens is 1. The first-order chi connectivity index (χ1) is 8.40. The number of benzene rings is 1. The fourth-order valence-electron chi connectivity index (χ4n) is 1.49. The van der Waals surface area contributed by atoms with Crippen molar-refractivity contribution in [3.8, 4) is 5.75 Å². The zero-order valence-corrected chi connectivity index (χ0v) is 11.7. The van der Waals surface area contributed by atoms with Crippen LogP contribution in [-0.4, -0.2) is 30.1 Å². The van der Waals surface area contributed by atoms with Crippen LogP contribution in [0.3, 0.4) is 0 Å². The second-order valence-electron chi connectivity index (χ2n) is 3.83. The quantitative estimate of drug-likeness (QED) is 0.866. The number of nitrogens with one attached hydrogen (secondary N) is 1. The Labute approximate surface area is 113 Å². The lowest BCUT2D eigenvalue weighted by Crippen LogP contribution is -2.33. The van der Waals surface area contributed by atoms with Gasteiger partial charge in [0.2, 0.25) is 0 Å². The molecule has 0 aliphatic rings. The number of amides is 1. The van der Waals surface area contributed by atoms with Gasteiger partial charge in [-0.15, -0.1) is 0 Å². The van der Waals surface area contributed by atoms with Gasteiger partial charge < -0.3 is 15.2 Å². The number of aliphatic carboxylic acids is 1. The minimum absolute atomic E-state index is 0.198. The second kappa shape index (κ2) is 6.39. The van der Waals surface area contributed by atoms with Crippen molar-refractivity contribution >= 4 is 27.8 Å². The van der Waals surface area contributed by atoms with E-state index in [9.17, 15) is 9.59 Å². The van der Waals surface area contributed by atoms with Crippen LogP contribution in [0.4, 0.5) is 0 Å². The Hall–Kier alpha value is -1.56. The summed E-state index contributed by atoms with van der Waals surface area (Å²) in [5.41, 5.74) is 1.82. The van der Waals surface area contributed by atoms with Gasteiger partial charge in [-0.05, 0) is 37.1 Å². The van der Waals surface area contributed by atoms with Crippen molar-refractivity contribution < 1.29 is 19.4 Å². The van der Waals surface area contributed by atoms with Crippen molar-refractivity contribution in [3.05, 3.63) is 27.7 Å². The normalized spacial score (nSPS) is 9.94. The van der Waals surface area contributed by atoms with Crippen LogP contribution in [0.5, 0.6) is 5.75 Å². The van der Waals surface area contributed by atoms with Gasteiger partial charge >= 0.3 is 5.97 Å². The molecule has 0 aliphatic carbocycles. The van der Waals surface area contributed by atoms with Crippen LogP contribution in [0.15, 0.2) is 16.6 Å². The summed E-state index contributed by atoms with van der Waals surface area (Å²) in [5, 5.41) is 10.6.